The Kier molecular flexibility index (Phi) is 5.96. The lowest BCUT2D eigenvalue weighted by Gasteiger charge is -2.07. The normalized spacial score (nSPS) is 14.4. The average Bonchev–Trinajstić information content (AvgIpc) is 1.84. The number of carboxylic acid groups (broad SMARTS) is 2. The maximum Gasteiger partial charge on any atom is 0.335 e. The Labute approximate surface area is 71.8 Å². The first-order valence-corrected chi connectivity index (χ1v) is 2.28. The van der Waals surface area contributed by atoms with Gasteiger partial charge in [0.2, 0.25) is 0 Å². The average molecular weight is 231 g/mol. The molecule has 0 aliphatic heterocycles. The lowest BCUT2D eigenvalue weighted by molar-refractivity contribution is -0.165. The van der Waals surface area contributed by atoms with Crippen molar-refractivity contribution in [3.63, 3.8) is 0 Å². The highest BCUT2D eigenvalue weighted by Gasteiger charge is 2.29. The molecule has 0 aromatic rings. The Morgan fingerprint density at radius 2 is 1.09 bits per heavy atom. The molecule has 0 aliphatic rings. The summed E-state index contributed by atoms with van der Waals surface area (Å²) in [6, 6.07) is 0. The van der Waals surface area contributed by atoms with Crippen LogP contribution in [0.4, 0.5) is 0 Å². The van der Waals surface area contributed by atoms with Gasteiger partial charge in [-0.05, 0) is 0 Å². The van der Waals surface area contributed by atoms with Crippen LogP contribution >= 0.6 is 17.0 Å². The van der Waals surface area contributed by atoms with Gasteiger partial charge in [0.05, 0.1) is 0 Å². The first-order chi connectivity index (χ1) is 4.46. The molecule has 0 spiro atoms. The van der Waals surface area contributed by atoms with Crippen molar-refractivity contribution in [3.8, 4) is 0 Å². The number of rotatable bonds is 3. The van der Waals surface area contributed by atoms with Crippen molar-refractivity contribution in [1.29, 1.82) is 0 Å². The summed E-state index contributed by atoms with van der Waals surface area (Å²) >= 11 is 0. The summed E-state index contributed by atoms with van der Waals surface area (Å²) in [6.07, 6.45) is -4.53. The summed E-state index contributed by atoms with van der Waals surface area (Å²) < 4.78 is 0. The number of carboxylic acids is 2. The number of aliphatic carboxylic acids is 2. The van der Waals surface area contributed by atoms with Gasteiger partial charge < -0.3 is 20.4 Å². The maximum atomic E-state index is 9.77. The zero-order valence-corrected chi connectivity index (χ0v) is 6.88. The standard InChI is InChI=1S/C4H6O6.BrH/c5-1(3(7)8)2(6)4(9)10;/h1-2,5-6H,(H,7,8)(H,9,10);1H. The molecule has 0 aromatic carbocycles. The first kappa shape index (κ1) is 13.0. The Hall–Kier alpha value is -0.660. The van der Waals surface area contributed by atoms with Gasteiger partial charge in [-0.15, -0.1) is 17.0 Å². The van der Waals surface area contributed by atoms with E-state index >= 15 is 0 Å². The lowest BCUT2D eigenvalue weighted by atomic mass is 10.2. The molecule has 0 aliphatic carbocycles. The molecule has 2 unspecified atom stereocenters. The van der Waals surface area contributed by atoms with Crippen molar-refractivity contribution in [1.82, 2.24) is 0 Å². The molecule has 11 heavy (non-hydrogen) atoms. The molecule has 4 N–H and O–H groups in total. The van der Waals surface area contributed by atoms with Crippen LogP contribution in [0, 0.1) is 0 Å². The van der Waals surface area contributed by atoms with E-state index in [0.717, 1.165) is 0 Å². The Morgan fingerprint density at radius 1 is 0.909 bits per heavy atom. The van der Waals surface area contributed by atoms with E-state index in [-0.39, 0.29) is 17.0 Å². The molecule has 6 nitrogen and oxygen atoms in total. The summed E-state index contributed by atoms with van der Waals surface area (Å²) in [5, 5.41) is 32.5. The smallest absolute Gasteiger partial charge is 0.335 e. The van der Waals surface area contributed by atoms with Gasteiger partial charge in [0.25, 0.3) is 0 Å². The second-order valence-corrected chi connectivity index (χ2v) is 1.57. The van der Waals surface area contributed by atoms with Crippen molar-refractivity contribution in [3.05, 3.63) is 0 Å². The Balaban J connectivity index is 0. The molecule has 0 amide bonds. The molecule has 0 fully saturated rings. The zero-order valence-electron chi connectivity index (χ0n) is 5.17. The Morgan fingerprint density at radius 3 is 1.18 bits per heavy atom. The zero-order chi connectivity index (χ0) is 8.31. The van der Waals surface area contributed by atoms with Crippen LogP contribution in [0.15, 0.2) is 0 Å². The molecular weight excluding hydrogens is 224 g/mol. The predicted octanol–water partition coefficient (Wildman–Crippen LogP) is -1.54. The highest BCUT2D eigenvalue weighted by Crippen LogP contribution is 1.92. The van der Waals surface area contributed by atoms with Crippen LogP contribution in [-0.2, 0) is 9.59 Å². The minimum atomic E-state index is -2.27. The van der Waals surface area contributed by atoms with Crippen LogP contribution < -0.4 is 0 Å². The van der Waals surface area contributed by atoms with Crippen LogP contribution in [0.1, 0.15) is 0 Å². The van der Waals surface area contributed by atoms with Crippen LogP contribution in [0.25, 0.3) is 0 Å². The van der Waals surface area contributed by atoms with E-state index in [0.29, 0.717) is 0 Å². The van der Waals surface area contributed by atoms with Crippen molar-refractivity contribution in [2.75, 3.05) is 0 Å². The molecule has 66 valence electrons. The van der Waals surface area contributed by atoms with Gasteiger partial charge in [-0.25, -0.2) is 9.59 Å². The predicted molar refractivity (Wildman–Crippen MR) is 37.6 cm³/mol. The SMILES string of the molecule is Br.O=C(O)C(O)C(O)C(=O)O. The largest absolute Gasteiger partial charge is 0.479 e. The fourth-order valence-corrected chi connectivity index (χ4v) is 0.270. The van der Waals surface area contributed by atoms with E-state index < -0.39 is 24.1 Å². The molecular formula is C4H7BrO6. The van der Waals surface area contributed by atoms with Crippen LogP contribution in [-0.4, -0.2) is 44.6 Å². The van der Waals surface area contributed by atoms with E-state index in [4.69, 9.17) is 20.4 Å². The van der Waals surface area contributed by atoms with E-state index in [2.05, 4.69) is 0 Å². The van der Waals surface area contributed by atoms with Crippen LogP contribution in [0.2, 0.25) is 0 Å². The van der Waals surface area contributed by atoms with Crippen molar-refractivity contribution in [2.24, 2.45) is 0 Å². The molecule has 2 atom stereocenters. The molecule has 0 heterocycles. The highest BCUT2D eigenvalue weighted by molar-refractivity contribution is 8.93. The van der Waals surface area contributed by atoms with Gasteiger partial charge in [-0.2, -0.15) is 0 Å². The number of carbonyl (C=O) groups is 2. The van der Waals surface area contributed by atoms with Gasteiger partial charge in [0.15, 0.2) is 12.2 Å². The van der Waals surface area contributed by atoms with Gasteiger partial charge in [-0.1, -0.05) is 0 Å². The first-order valence-electron chi connectivity index (χ1n) is 2.28. The number of aliphatic hydroxyl groups excluding tert-OH is 2. The minimum absolute atomic E-state index is 0. The van der Waals surface area contributed by atoms with Crippen molar-refractivity contribution in [2.45, 2.75) is 12.2 Å². The third-order valence-corrected chi connectivity index (χ3v) is 0.805. The summed E-state index contributed by atoms with van der Waals surface area (Å²) in [5.74, 6) is -3.54. The van der Waals surface area contributed by atoms with Gasteiger partial charge >= 0.3 is 11.9 Å². The Bertz CT molecular complexity index is 139. The lowest BCUT2D eigenvalue weighted by Crippen LogP contribution is -2.39. The summed E-state index contributed by atoms with van der Waals surface area (Å²) in [4.78, 5) is 19.5. The topological polar surface area (TPSA) is 115 Å². The second-order valence-electron chi connectivity index (χ2n) is 1.57. The summed E-state index contributed by atoms with van der Waals surface area (Å²) in [7, 11) is 0. The maximum absolute atomic E-state index is 9.77. The van der Waals surface area contributed by atoms with Gasteiger partial charge in [0.1, 0.15) is 0 Å². The molecule has 0 radical (unpaired) electrons. The number of hydrogen-bond donors (Lipinski definition) is 4. The van der Waals surface area contributed by atoms with E-state index in [1.165, 1.54) is 0 Å². The van der Waals surface area contributed by atoms with Gasteiger partial charge in [0, 0.05) is 0 Å². The van der Waals surface area contributed by atoms with Crippen molar-refractivity contribution < 1.29 is 30.0 Å². The van der Waals surface area contributed by atoms with E-state index in [9.17, 15) is 9.59 Å². The van der Waals surface area contributed by atoms with E-state index in [1.807, 2.05) is 0 Å². The summed E-state index contributed by atoms with van der Waals surface area (Å²) in [5.41, 5.74) is 0. The quantitative estimate of drug-likeness (QED) is 0.467. The monoisotopic (exact) mass is 230 g/mol. The number of hydrogen-bond acceptors (Lipinski definition) is 4. The van der Waals surface area contributed by atoms with Crippen LogP contribution in [0.3, 0.4) is 0 Å². The van der Waals surface area contributed by atoms with E-state index in [1.54, 1.807) is 0 Å². The third kappa shape index (κ3) is 3.91. The molecule has 0 bridgehead atoms. The molecule has 0 rings (SSSR count). The molecule has 7 heteroatoms. The molecule has 0 saturated heterocycles. The molecule has 0 aromatic heterocycles. The summed E-state index contributed by atoms with van der Waals surface area (Å²) in [6.45, 7) is 0. The number of halogens is 1. The van der Waals surface area contributed by atoms with Crippen LogP contribution in [0.5, 0.6) is 0 Å². The van der Waals surface area contributed by atoms with Gasteiger partial charge in [-0.3, -0.25) is 0 Å². The number of aliphatic hydroxyl groups is 2. The minimum Gasteiger partial charge on any atom is -0.479 e. The highest BCUT2D eigenvalue weighted by atomic mass is 79.9. The van der Waals surface area contributed by atoms with Crippen molar-refractivity contribution >= 4 is 28.9 Å². The molecule has 0 saturated carbocycles. The second kappa shape index (κ2) is 5.05. The fraction of sp³-hybridized carbons (Fsp3) is 0.500. The third-order valence-electron chi connectivity index (χ3n) is 0.805. The fourth-order valence-electron chi connectivity index (χ4n) is 0.270.